The van der Waals surface area contributed by atoms with Crippen molar-refractivity contribution >= 4 is 27.5 Å². The summed E-state index contributed by atoms with van der Waals surface area (Å²) in [6, 6.07) is 0.272. The van der Waals surface area contributed by atoms with E-state index in [9.17, 15) is 13.2 Å². The van der Waals surface area contributed by atoms with E-state index in [4.69, 9.17) is 0 Å². The summed E-state index contributed by atoms with van der Waals surface area (Å²) in [5.41, 5.74) is 0. The third-order valence-corrected chi connectivity index (χ3v) is 8.65. The fourth-order valence-electron chi connectivity index (χ4n) is 3.85. The number of fused-ring (bicyclic) bond motifs is 1. The quantitative estimate of drug-likeness (QED) is 0.780. The Balaban J connectivity index is 1.85. The largest absolute Gasteiger partial charge is 0.336 e. The van der Waals surface area contributed by atoms with Gasteiger partial charge >= 0.3 is 0 Å². The van der Waals surface area contributed by atoms with Crippen LogP contribution in [0.15, 0.2) is 0 Å². The molecule has 20 heavy (non-hydrogen) atoms. The maximum Gasteiger partial charge on any atom is 0.244 e. The highest BCUT2D eigenvalue weighted by Gasteiger charge is 2.56. The van der Waals surface area contributed by atoms with Gasteiger partial charge in [0.25, 0.3) is 0 Å². The summed E-state index contributed by atoms with van der Waals surface area (Å²) in [4.78, 5) is 14.9. The smallest absolute Gasteiger partial charge is 0.244 e. The van der Waals surface area contributed by atoms with Crippen molar-refractivity contribution in [2.24, 2.45) is 0 Å². The van der Waals surface area contributed by atoms with Crippen LogP contribution < -0.4 is 0 Å². The highest BCUT2D eigenvalue weighted by Crippen LogP contribution is 2.43. The summed E-state index contributed by atoms with van der Waals surface area (Å²) >= 11 is 1.97. The van der Waals surface area contributed by atoms with E-state index < -0.39 is 14.6 Å². The first-order valence-corrected chi connectivity index (χ1v) is 10.5. The zero-order valence-corrected chi connectivity index (χ0v) is 13.6. The highest BCUT2D eigenvalue weighted by atomic mass is 32.2. The molecule has 2 aliphatic carbocycles. The lowest BCUT2D eigenvalue weighted by Gasteiger charge is -2.49. The molecule has 0 unspecified atom stereocenters. The number of amides is 1. The molecule has 0 aromatic heterocycles. The van der Waals surface area contributed by atoms with Gasteiger partial charge in [-0.05, 0) is 32.1 Å². The van der Waals surface area contributed by atoms with Gasteiger partial charge in [0.1, 0.15) is 0 Å². The molecule has 1 aliphatic heterocycles. The van der Waals surface area contributed by atoms with E-state index in [-0.39, 0.29) is 11.9 Å². The van der Waals surface area contributed by atoms with Crippen molar-refractivity contribution in [1.82, 2.24) is 4.90 Å². The number of hydrogen-bond acceptors (Lipinski definition) is 4. The minimum absolute atomic E-state index is 0.0940. The Bertz CT molecular complexity index is 497. The Hall–Kier alpha value is -0.230. The maximum atomic E-state index is 12.9. The summed E-state index contributed by atoms with van der Waals surface area (Å²) < 4.78 is 23.2. The zero-order chi connectivity index (χ0) is 14.4. The molecule has 1 saturated heterocycles. The molecule has 0 spiro atoms. The standard InChI is InChI=1S/C14H23NO3S2/c1-20(17,18)14(7-4-8-14)13(16)15-9-10-19-12-6-3-2-5-11(12)15/h11-12H,2-10H2,1H3/t11-,12+/m1/s1. The lowest BCUT2D eigenvalue weighted by atomic mass is 9.82. The van der Waals surface area contributed by atoms with Gasteiger partial charge in [0.15, 0.2) is 14.6 Å². The lowest BCUT2D eigenvalue weighted by Crippen LogP contribution is -2.63. The first-order chi connectivity index (χ1) is 9.46. The van der Waals surface area contributed by atoms with Gasteiger partial charge in [-0.1, -0.05) is 12.8 Å². The summed E-state index contributed by atoms with van der Waals surface area (Å²) in [6.45, 7) is 0.724. The van der Waals surface area contributed by atoms with Gasteiger partial charge in [0, 0.05) is 29.8 Å². The molecule has 114 valence electrons. The molecule has 3 fully saturated rings. The highest BCUT2D eigenvalue weighted by molar-refractivity contribution is 8.00. The fourth-order valence-corrected chi connectivity index (χ4v) is 6.76. The lowest BCUT2D eigenvalue weighted by molar-refractivity contribution is -0.139. The van der Waals surface area contributed by atoms with Crippen LogP contribution in [0.5, 0.6) is 0 Å². The normalized spacial score (nSPS) is 33.1. The molecule has 0 N–H and O–H groups in total. The van der Waals surface area contributed by atoms with Crippen LogP contribution in [0.4, 0.5) is 0 Å². The van der Waals surface area contributed by atoms with Gasteiger partial charge in [0.2, 0.25) is 5.91 Å². The van der Waals surface area contributed by atoms with Gasteiger partial charge in [-0.3, -0.25) is 4.79 Å². The summed E-state index contributed by atoms with van der Waals surface area (Å²) in [5.74, 6) is 0.857. The van der Waals surface area contributed by atoms with Crippen molar-refractivity contribution in [3.8, 4) is 0 Å². The Kier molecular flexibility index (Phi) is 3.82. The van der Waals surface area contributed by atoms with Crippen LogP contribution in [-0.2, 0) is 14.6 Å². The number of hydrogen-bond donors (Lipinski definition) is 0. The molecule has 3 rings (SSSR count). The number of sulfone groups is 1. The van der Waals surface area contributed by atoms with Crippen molar-refractivity contribution < 1.29 is 13.2 Å². The second-order valence-electron chi connectivity index (χ2n) is 6.38. The summed E-state index contributed by atoms with van der Waals surface area (Å²) in [7, 11) is -3.31. The molecule has 6 heteroatoms. The summed E-state index contributed by atoms with van der Waals surface area (Å²) in [6.07, 6.45) is 7.76. The van der Waals surface area contributed by atoms with E-state index in [1.807, 2.05) is 16.7 Å². The number of rotatable bonds is 2. The van der Waals surface area contributed by atoms with Crippen LogP contribution in [0.1, 0.15) is 44.9 Å². The van der Waals surface area contributed by atoms with E-state index in [0.29, 0.717) is 18.1 Å². The molecule has 1 amide bonds. The van der Waals surface area contributed by atoms with Crippen LogP contribution in [0.3, 0.4) is 0 Å². The van der Waals surface area contributed by atoms with Crippen LogP contribution in [-0.4, -0.2) is 53.8 Å². The van der Waals surface area contributed by atoms with Gasteiger partial charge in [0.05, 0.1) is 0 Å². The molecule has 0 radical (unpaired) electrons. The second kappa shape index (κ2) is 5.20. The van der Waals surface area contributed by atoms with Crippen LogP contribution >= 0.6 is 11.8 Å². The van der Waals surface area contributed by atoms with Crippen LogP contribution in [0.25, 0.3) is 0 Å². The Labute approximate surface area is 125 Å². The van der Waals surface area contributed by atoms with E-state index in [0.717, 1.165) is 31.6 Å². The third kappa shape index (κ3) is 2.19. The molecule has 4 nitrogen and oxygen atoms in total. The van der Waals surface area contributed by atoms with Gasteiger partial charge in [-0.15, -0.1) is 0 Å². The molecule has 1 heterocycles. The number of carbonyl (C=O) groups is 1. The number of thioether (sulfide) groups is 1. The van der Waals surface area contributed by atoms with Gasteiger partial charge in [-0.25, -0.2) is 8.42 Å². The molecule has 2 saturated carbocycles. The van der Waals surface area contributed by atoms with Gasteiger partial charge in [-0.2, -0.15) is 11.8 Å². The van der Waals surface area contributed by atoms with Gasteiger partial charge < -0.3 is 4.90 Å². The van der Waals surface area contributed by atoms with E-state index in [1.165, 1.54) is 19.1 Å². The molecule has 2 atom stereocenters. The fraction of sp³-hybridized carbons (Fsp3) is 0.929. The second-order valence-corrected chi connectivity index (χ2v) is 10.1. The van der Waals surface area contributed by atoms with Crippen molar-refractivity contribution in [3.63, 3.8) is 0 Å². The summed E-state index contributed by atoms with van der Waals surface area (Å²) in [5, 5.41) is 0.526. The Morgan fingerprint density at radius 1 is 1.20 bits per heavy atom. The van der Waals surface area contributed by atoms with Crippen molar-refractivity contribution in [2.45, 2.75) is 61.0 Å². The van der Waals surface area contributed by atoms with Crippen LogP contribution in [0.2, 0.25) is 0 Å². The maximum absolute atomic E-state index is 12.9. The van der Waals surface area contributed by atoms with Crippen molar-refractivity contribution in [3.05, 3.63) is 0 Å². The van der Waals surface area contributed by atoms with Crippen LogP contribution in [0, 0.1) is 0 Å². The Morgan fingerprint density at radius 2 is 1.90 bits per heavy atom. The topological polar surface area (TPSA) is 54.5 Å². The minimum Gasteiger partial charge on any atom is -0.336 e. The zero-order valence-electron chi connectivity index (χ0n) is 12.0. The molecule has 0 aromatic carbocycles. The van der Waals surface area contributed by atoms with E-state index in [1.54, 1.807) is 0 Å². The average molecular weight is 317 g/mol. The predicted molar refractivity (Wildman–Crippen MR) is 81.6 cm³/mol. The molecular weight excluding hydrogens is 294 g/mol. The number of carbonyl (C=O) groups excluding carboxylic acids is 1. The monoisotopic (exact) mass is 317 g/mol. The first-order valence-electron chi connectivity index (χ1n) is 7.58. The molecule has 3 aliphatic rings. The SMILES string of the molecule is CS(=O)(=O)C1(C(=O)N2CCS[C@H]3CCCC[C@H]32)CCC1. The molecule has 0 aromatic rings. The van der Waals surface area contributed by atoms with E-state index >= 15 is 0 Å². The van der Waals surface area contributed by atoms with Crippen molar-refractivity contribution in [1.29, 1.82) is 0 Å². The number of nitrogens with zero attached hydrogens (tertiary/aromatic N) is 1. The van der Waals surface area contributed by atoms with Crippen molar-refractivity contribution in [2.75, 3.05) is 18.6 Å². The average Bonchev–Trinajstić information content (AvgIpc) is 2.34. The predicted octanol–water partition coefficient (Wildman–Crippen LogP) is 1.84. The molecule has 0 bridgehead atoms. The first kappa shape index (κ1) is 14.7. The minimum atomic E-state index is -3.31. The molecular formula is C14H23NO3S2. The van der Waals surface area contributed by atoms with E-state index in [2.05, 4.69) is 0 Å². The Morgan fingerprint density at radius 3 is 2.50 bits per heavy atom. The third-order valence-electron chi connectivity index (χ3n) is 5.25.